The lowest BCUT2D eigenvalue weighted by molar-refractivity contribution is -0.140. The first-order valence-corrected chi connectivity index (χ1v) is 12.3. The fourth-order valence-electron chi connectivity index (χ4n) is 4.28. The predicted molar refractivity (Wildman–Crippen MR) is 137 cm³/mol. The second kappa shape index (κ2) is 12.4. The lowest BCUT2D eigenvalue weighted by Gasteiger charge is -2.28. The topological polar surface area (TPSA) is 79.3 Å². The molecular weight excluding hydrogens is 444 g/mol. The zero-order valence-corrected chi connectivity index (χ0v) is 21.1. The Labute approximate surface area is 207 Å². The van der Waals surface area contributed by atoms with Crippen LogP contribution in [0.1, 0.15) is 50.8 Å². The van der Waals surface area contributed by atoms with Crippen molar-refractivity contribution >= 4 is 17.4 Å². The second-order valence-corrected chi connectivity index (χ2v) is 8.53. The molecular formula is C28H36N2O5. The van der Waals surface area contributed by atoms with Crippen LogP contribution in [0.2, 0.25) is 0 Å². The molecule has 1 heterocycles. The SMILES string of the molecule is CCCCOc1cccc(/C(O)=C2\C(=O)C(=O)N(CCN(CC)CC)C2c2cccc(OC)c2)c1. The van der Waals surface area contributed by atoms with E-state index in [0.29, 0.717) is 42.3 Å². The summed E-state index contributed by atoms with van der Waals surface area (Å²) in [4.78, 5) is 30.2. The zero-order chi connectivity index (χ0) is 25.4. The number of aliphatic hydroxyl groups excluding tert-OH is 1. The van der Waals surface area contributed by atoms with Crippen molar-refractivity contribution in [1.82, 2.24) is 9.80 Å². The van der Waals surface area contributed by atoms with Crippen LogP contribution in [0.3, 0.4) is 0 Å². The van der Waals surface area contributed by atoms with Gasteiger partial charge in [0.25, 0.3) is 11.7 Å². The van der Waals surface area contributed by atoms with E-state index in [-0.39, 0.29) is 11.3 Å². The summed E-state index contributed by atoms with van der Waals surface area (Å²) in [5.41, 5.74) is 1.22. The molecule has 0 aliphatic carbocycles. The van der Waals surface area contributed by atoms with Crippen LogP contribution in [0.4, 0.5) is 0 Å². The standard InChI is InChI=1S/C28H36N2O5/c1-5-8-17-35-23-14-10-12-21(19-23)26(31)24-25(20-11-9-13-22(18-20)34-4)30(28(33)27(24)32)16-15-29(6-2)7-3/h9-14,18-19,25,31H,5-8,15-17H2,1-4H3/b26-24+. The molecule has 1 fully saturated rings. The number of carbonyl (C=O) groups is 2. The molecule has 0 aromatic heterocycles. The average molecular weight is 481 g/mol. The number of unbranched alkanes of at least 4 members (excludes halogenated alkanes) is 1. The van der Waals surface area contributed by atoms with E-state index >= 15 is 0 Å². The summed E-state index contributed by atoms with van der Waals surface area (Å²) in [6.07, 6.45) is 1.93. The number of aliphatic hydroxyl groups is 1. The van der Waals surface area contributed by atoms with Crippen LogP contribution in [0.5, 0.6) is 11.5 Å². The van der Waals surface area contributed by atoms with Gasteiger partial charge in [-0.15, -0.1) is 0 Å². The van der Waals surface area contributed by atoms with Gasteiger partial charge in [0, 0.05) is 18.7 Å². The van der Waals surface area contributed by atoms with Gasteiger partial charge in [-0.25, -0.2) is 0 Å². The fourth-order valence-corrected chi connectivity index (χ4v) is 4.28. The van der Waals surface area contributed by atoms with E-state index in [1.807, 2.05) is 24.3 Å². The maximum atomic E-state index is 13.3. The van der Waals surface area contributed by atoms with Crippen molar-refractivity contribution in [3.05, 3.63) is 65.2 Å². The highest BCUT2D eigenvalue weighted by Gasteiger charge is 2.46. The molecule has 2 aromatic rings. The number of hydrogen-bond donors (Lipinski definition) is 1. The summed E-state index contributed by atoms with van der Waals surface area (Å²) in [5, 5.41) is 11.3. The number of amides is 1. The van der Waals surface area contributed by atoms with Crippen molar-refractivity contribution in [3.63, 3.8) is 0 Å². The lowest BCUT2D eigenvalue weighted by atomic mass is 9.95. The molecule has 0 bridgehead atoms. The van der Waals surface area contributed by atoms with Gasteiger partial charge in [0.15, 0.2) is 0 Å². The van der Waals surface area contributed by atoms with Gasteiger partial charge in [0.1, 0.15) is 17.3 Å². The van der Waals surface area contributed by atoms with E-state index < -0.39 is 17.7 Å². The fraction of sp³-hybridized carbons (Fsp3) is 0.429. The number of ether oxygens (including phenoxy) is 2. The van der Waals surface area contributed by atoms with Gasteiger partial charge in [-0.3, -0.25) is 9.59 Å². The predicted octanol–water partition coefficient (Wildman–Crippen LogP) is 4.64. The third kappa shape index (κ3) is 6.03. The van der Waals surface area contributed by atoms with Crippen LogP contribution in [0.15, 0.2) is 54.1 Å². The lowest BCUT2D eigenvalue weighted by Crippen LogP contribution is -2.38. The number of likely N-dealkylation sites (tertiary alicyclic amines) is 1. The molecule has 1 amide bonds. The monoisotopic (exact) mass is 480 g/mol. The van der Waals surface area contributed by atoms with Gasteiger partial charge in [-0.2, -0.15) is 0 Å². The quantitative estimate of drug-likeness (QED) is 0.206. The number of nitrogens with zero attached hydrogens (tertiary/aromatic N) is 2. The highest BCUT2D eigenvalue weighted by molar-refractivity contribution is 6.46. The molecule has 3 rings (SSSR count). The Kier molecular flexibility index (Phi) is 9.32. The molecule has 2 aromatic carbocycles. The van der Waals surface area contributed by atoms with E-state index in [4.69, 9.17) is 9.47 Å². The average Bonchev–Trinajstić information content (AvgIpc) is 3.14. The maximum Gasteiger partial charge on any atom is 0.295 e. The Morgan fingerprint density at radius 1 is 1.03 bits per heavy atom. The molecule has 0 spiro atoms. The molecule has 1 saturated heterocycles. The van der Waals surface area contributed by atoms with E-state index in [2.05, 4.69) is 25.7 Å². The molecule has 188 valence electrons. The summed E-state index contributed by atoms with van der Waals surface area (Å²) in [6.45, 7) is 9.46. The molecule has 0 radical (unpaired) electrons. The van der Waals surface area contributed by atoms with Crippen molar-refractivity contribution < 1.29 is 24.2 Å². The van der Waals surface area contributed by atoms with Gasteiger partial charge in [0.05, 0.1) is 25.3 Å². The third-order valence-corrected chi connectivity index (χ3v) is 6.38. The summed E-state index contributed by atoms with van der Waals surface area (Å²) in [7, 11) is 1.57. The minimum Gasteiger partial charge on any atom is -0.507 e. The van der Waals surface area contributed by atoms with Crippen molar-refractivity contribution in [3.8, 4) is 11.5 Å². The first kappa shape index (κ1) is 26.3. The number of Topliss-reactive ketones (excluding diaryl/α,β-unsaturated/α-hetero) is 1. The normalized spacial score (nSPS) is 17.3. The summed E-state index contributed by atoms with van der Waals surface area (Å²) >= 11 is 0. The molecule has 1 aliphatic heterocycles. The zero-order valence-electron chi connectivity index (χ0n) is 21.1. The first-order chi connectivity index (χ1) is 16.9. The van der Waals surface area contributed by atoms with Crippen LogP contribution >= 0.6 is 0 Å². The highest BCUT2D eigenvalue weighted by atomic mass is 16.5. The minimum absolute atomic E-state index is 0.0773. The smallest absolute Gasteiger partial charge is 0.295 e. The molecule has 1 aliphatic rings. The first-order valence-electron chi connectivity index (χ1n) is 12.3. The van der Waals surface area contributed by atoms with Crippen LogP contribution in [-0.4, -0.2) is 66.5 Å². The number of benzene rings is 2. The van der Waals surface area contributed by atoms with E-state index in [9.17, 15) is 14.7 Å². The molecule has 1 N–H and O–H groups in total. The second-order valence-electron chi connectivity index (χ2n) is 8.53. The third-order valence-electron chi connectivity index (χ3n) is 6.38. The van der Waals surface area contributed by atoms with Gasteiger partial charge >= 0.3 is 0 Å². The Bertz CT molecular complexity index is 1060. The van der Waals surface area contributed by atoms with Crippen molar-refractivity contribution in [2.45, 2.75) is 39.7 Å². The van der Waals surface area contributed by atoms with Gasteiger partial charge in [0.2, 0.25) is 0 Å². The Morgan fingerprint density at radius 3 is 2.43 bits per heavy atom. The maximum absolute atomic E-state index is 13.3. The van der Waals surface area contributed by atoms with Crippen molar-refractivity contribution in [1.29, 1.82) is 0 Å². The van der Waals surface area contributed by atoms with Crippen LogP contribution < -0.4 is 9.47 Å². The van der Waals surface area contributed by atoms with Gasteiger partial charge in [-0.1, -0.05) is 51.5 Å². The number of hydrogen-bond acceptors (Lipinski definition) is 6. The highest BCUT2D eigenvalue weighted by Crippen LogP contribution is 2.40. The molecule has 7 nitrogen and oxygen atoms in total. The van der Waals surface area contributed by atoms with Gasteiger partial charge < -0.3 is 24.4 Å². The van der Waals surface area contributed by atoms with Crippen molar-refractivity contribution in [2.75, 3.05) is 39.9 Å². The van der Waals surface area contributed by atoms with E-state index in [1.165, 1.54) is 0 Å². The number of ketones is 1. The molecule has 7 heteroatoms. The molecule has 35 heavy (non-hydrogen) atoms. The van der Waals surface area contributed by atoms with Crippen LogP contribution in [0.25, 0.3) is 5.76 Å². The Balaban J connectivity index is 2.06. The van der Waals surface area contributed by atoms with E-state index in [1.54, 1.807) is 36.3 Å². The summed E-state index contributed by atoms with van der Waals surface area (Å²) in [5.74, 6) is -0.282. The molecule has 0 saturated carbocycles. The van der Waals surface area contributed by atoms with E-state index in [0.717, 1.165) is 25.9 Å². The number of carbonyl (C=O) groups excluding carboxylic acids is 2. The number of likely N-dealkylation sites (N-methyl/N-ethyl adjacent to an activating group) is 1. The Morgan fingerprint density at radius 2 is 1.74 bits per heavy atom. The van der Waals surface area contributed by atoms with Crippen molar-refractivity contribution in [2.24, 2.45) is 0 Å². The van der Waals surface area contributed by atoms with Crippen LogP contribution in [0, 0.1) is 0 Å². The number of methoxy groups -OCH3 is 1. The summed E-state index contributed by atoms with van der Waals surface area (Å²) in [6, 6.07) is 13.6. The molecule has 1 unspecified atom stereocenters. The van der Waals surface area contributed by atoms with Gasteiger partial charge in [-0.05, 0) is 49.3 Å². The number of rotatable bonds is 12. The summed E-state index contributed by atoms with van der Waals surface area (Å²) < 4.78 is 11.2. The largest absolute Gasteiger partial charge is 0.507 e. The molecule has 1 atom stereocenters. The van der Waals surface area contributed by atoms with Crippen LogP contribution in [-0.2, 0) is 9.59 Å². The Hall–Kier alpha value is -3.32. The minimum atomic E-state index is -0.717.